The molecule has 0 fully saturated rings. The standard InChI is InChI=1S/C22H17ClN4OS/c1-26-16-10-7-14(12-17(16)27(2)22(26)28)20-19(13-5-8-15(23)9-6-13)24-21(25-20)18-4-3-11-29-18/h3-12H,1-2H3,(H,24,25). The van der Waals surface area contributed by atoms with Gasteiger partial charge in [0.25, 0.3) is 0 Å². The first-order chi connectivity index (χ1) is 14.0. The molecule has 0 saturated heterocycles. The molecule has 144 valence electrons. The summed E-state index contributed by atoms with van der Waals surface area (Å²) in [4.78, 5) is 21.8. The van der Waals surface area contributed by atoms with E-state index >= 15 is 0 Å². The molecular formula is C22H17ClN4OS. The highest BCUT2D eigenvalue weighted by Gasteiger charge is 2.17. The Kier molecular flexibility index (Phi) is 4.19. The second-order valence-corrected chi connectivity index (χ2v) is 8.28. The monoisotopic (exact) mass is 420 g/mol. The lowest BCUT2D eigenvalue weighted by molar-refractivity contribution is 0.795. The predicted octanol–water partition coefficient (Wildman–Crippen LogP) is 5.32. The third-order valence-electron chi connectivity index (χ3n) is 5.14. The summed E-state index contributed by atoms with van der Waals surface area (Å²) in [5, 5.41) is 2.72. The summed E-state index contributed by atoms with van der Waals surface area (Å²) in [5.74, 6) is 0.821. The number of aryl methyl sites for hydroxylation is 2. The van der Waals surface area contributed by atoms with Crippen LogP contribution in [0.5, 0.6) is 0 Å². The van der Waals surface area contributed by atoms with Crippen LogP contribution in [0.25, 0.3) is 44.2 Å². The van der Waals surface area contributed by atoms with Crippen molar-refractivity contribution in [3.8, 4) is 33.2 Å². The number of imidazole rings is 2. The number of benzene rings is 2. The molecule has 3 aromatic heterocycles. The Balaban J connectivity index is 1.75. The molecule has 5 rings (SSSR count). The van der Waals surface area contributed by atoms with Crippen molar-refractivity contribution >= 4 is 34.0 Å². The Morgan fingerprint density at radius 3 is 2.41 bits per heavy atom. The highest BCUT2D eigenvalue weighted by molar-refractivity contribution is 7.13. The van der Waals surface area contributed by atoms with Gasteiger partial charge in [0.05, 0.1) is 27.3 Å². The van der Waals surface area contributed by atoms with E-state index in [0.717, 1.165) is 44.2 Å². The van der Waals surface area contributed by atoms with Crippen molar-refractivity contribution in [2.24, 2.45) is 14.1 Å². The van der Waals surface area contributed by atoms with Crippen molar-refractivity contribution in [3.05, 3.63) is 75.5 Å². The lowest BCUT2D eigenvalue weighted by Crippen LogP contribution is -2.19. The highest BCUT2D eigenvalue weighted by atomic mass is 35.5. The fourth-order valence-corrected chi connectivity index (χ4v) is 4.39. The van der Waals surface area contributed by atoms with Crippen LogP contribution in [-0.2, 0) is 14.1 Å². The van der Waals surface area contributed by atoms with E-state index in [2.05, 4.69) is 4.98 Å². The number of aromatic nitrogens is 4. The number of halogens is 1. The Morgan fingerprint density at radius 2 is 1.69 bits per heavy atom. The maximum atomic E-state index is 12.3. The maximum Gasteiger partial charge on any atom is 0.328 e. The fraction of sp³-hybridized carbons (Fsp3) is 0.0909. The average Bonchev–Trinajstić information content (AvgIpc) is 3.45. The van der Waals surface area contributed by atoms with Crippen LogP contribution in [-0.4, -0.2) is 19.1 Å². The molecule has 0 amide bonds. The first kappa shape index (κ1) is 18.0. The number of thiophene rings is 1. The summed E-state index contributed by atoms with van der Waals surface area (Å²) in [6.07, 6.45) is 0. The number of rotatable bonds is 3. The molecule has 1 N–H and O–H groups in total. The van der Waals surface area contributed by atoms with E-state index in [9.17, 15) is 4.79 Å². The van der Waals surface area contributed by atoms with Gasteiger partial charge in [0.2, 0.25) is 0 Å². The largest absolute Gasteiger partial charge is 0.337 e. The molecule has 29 heavy (non-hydrogen) atoms. The molecule has 0 aliphatic heterocycles. The van der Waals surface area contributed by atoms with Crippen LogP contribution in [0, 0.1) is 0 Å². The van der Waals surface area contributed by atoms with Crippen molar-refractivity contribution in [2.75, 3.05) is 0 Å². The average molecular weight is 421 g/mol. The van der Waals surface area contributed by atoms with E-state index in [-0.39, 0.29) is 5.69 Å². The second-order valence-electron chi connectivity index (χ2n) is 6.90. The number of aromatic amines is 1. The van der Waals surface area contributed by atoms with Crippen LogP contribution in [0.1, 0.15) is 0 Å². The number of nitrogens with one attached hydrogen (secondary N) is 1. The minimum atomic E-state index is -0.0450. The summed E-state index contributed by atoms with van der Waals surface area (Å²) in [6.45, 7) is 0. The van der Waals surface area contributed by atoms with Gasteiger partial charge in [-0.2, -0.15) is 0 Å². The first-order valence-electron chi connectivity index (χ1n) is 9.08. The van der Waals surface area contributed by atoms with Gasteiger partial charge in [-0.05, 0) is 35.7 Å². The molecule has 0 unspecified atom stereocenters. The van der Waals surface area contributed by atoms with Gasteiger partial charge in [-0.1, -0.05) is 35.9 Å². The minimum absolute atomic E-state index is 0.0450. The SMILES string of the molecule is Cn1c(=O)n(C)c2cc(-c3nc(-c4cccs4)[nH]c3-c3ccc(Cl)cc3)ccc21. The summed E-state index contributed by atoms with van der Waals surface area (Å²) < 4.78 is 3.31. The van der Waals surface area contributed by atoms with Gasteiger partial charge >= 0.3 is 5.69 Å². The lowest BCUT2D eigenvalue weighted by atomic mass is 10.0. The molecule has 0 bridgehead atoms. The number of hydrogen-bond acceptors (Lipinski definition) is 3. The highest BCUT2D eigenvalue weighted by Crippen LogP contribution is 2.35. The zero-order chi connectivity index (χ0) is 20.1. The molecule has 0 atom stereocenters. The third-order valence-corrected chi connectivity index (χ3v) is 6.27. The Labute approximate surface area is 175 Å². The van der Waals surface area contributed by atoms with E-state index in [1.54, 1.807) is 34.6 Å². The lowest BCUT2D eigenvalue weighted by Gasteiger charge is -2.05. The van der Waals surface area contributed by atoms with Gasteiger partial charge in [0.15, 0.2) is 0 Å². The zero-order valence-corrected chi connectivity index (χ0v) is 17.4. The minimum Gasteiger partial charge on any atom is -0.337 e. The number of nitrogens with zero attached hydrogens (tertiary/aromatic N) is 3. The van der Waals surface area contributed by atoms with Gasteiger partial charge in [-0.3, -0.25) is 9.13 Å². The van der Waals surface area contributed by atoms with E-state index in [1.807, 2.05) is 60.0 Å². The third kappa shape index (κ3) is 2.92. The smallest absolute Gasteiger partial charge is 0.328 e. The fourth-order valence-electron chi connectivity index (χ4n) is 3.59. The molecule has 0 aliphatic carbocycles. The Bertz CT molecular complexity index is 1390. The van der Waals surface area contributed by atoms with Crippen molar-refractivity contribution in [2.45, 2.75) is 0 Å². The molecule has 7 heteroatoms. The molecule has 3 heterocycles. The molecule has 2 aromatic carbocycles. The van der Waals surface area contributed by atoms with Crippen molar-refractivity contribution in [1.82, 2.24) is 19.1 Å². The van der Waals surface area contributed by atoms with Crippen LogP contribution < -0.4 is 5.69 Å². The topological polar surface area (TPSA) is 55.6 Å². The van der Waals surface area contributed by atoms with Crippen molar-refractivity contribution in [1.29, 1.82) is 0 Å². The Hall–Kier alpha value is -3.09. The van der Waals surface area contributed by atoms with Gasteiger partial charge in [0.1, 0.15) is 5.82 Å². The second kappa shape index (κ2) is 6.76. The molecule has 0 saturated carbocycles. The number of fused-ring (bicyclic) bond motifs is 1. The summed E-state index contributed by atoms with van der Waals surface area (Å²) >= 11 is 7.72. The van der Waals surface area contributed by atoms with Gasteiger partial charge in [-0.15, -0.1) is 11.3 Å². The van der Waals surface area contributed by atoms with E-state index in [1.165, 1.54) is 0 Å². The molecule has 0 spiro atoms. The van der Waals surface area contributed by atoms with E-state index < -0.39 is 0 Å². The maximum absolute atomic E-state index is 12.3. The molecule has 0 aliphatic rings. The van der Waals surface area contributed by atoms with Crippen molar-refractivity contribution in [3.63, 3.8) is 0 Å². The van der Waals surface area contributed by atoms with Crippen LogP contribution in [0.4, 0.5) is 0 Å². The molecular weight excluding hydrogens is 404 g/mol. The quantitative estimate of drug-likeness (QED) is 0.429. The van der Waals surface area contributed by atoms with E-state index in [0.29, 0.717) is 5.02 Å². The van der Waals surface area contributed by atoms with Crippen molar-refractivity contribution < 1.29 is 0 Å². The summed E-state index contributed by atoms with van der Waals surface area (Å²) in [7, 11) is 3.57. The molecule has 5 nitrogen and oxygen atoms in total. The van der Waals surface area contributed by atoms with Crippen LogP contribution in [0.2, 0.25) is 5.02 Å². The predicted molar refractivity (Wildman–Crippen MR) is 120 cm³/mol. The van der Waals surface area contributed by atoms with E-state index in [4.69, 9.17) is 16.6 Å². The number of H-pyrrole nitrogens is 1. The van der Waals surface area contributed by atoms with Crippen LogP contribution in [0.15, 0.2) is 64.8 Å². The normalized spacial score (nSPS) is 11.4. The first-order valence-corrected chi connectivity index (χ1v) is 10.3. The molecule has 0 radical (unpaired) electrons. The zero-order valence-electron chi connectivity index (χ0n) is 15.8. The summed E-state index contributed by atoms with van der Waals surface area (Å²) in [6, 6.07) is 17.8. The Morgan fingerprint density at radius 1 is 0.966 bits per heavy atom. The van der Waals surface area contributed by atoms with Crippen LogP contribution >= 0.6 is 22.9 Å². The summed E-state index contributed by atoms with van der Waals surface area (Å²) in [5.41, 5.74) is 5.43. The van der Waals surface area contributed by atoms with Gasteiger partial charge in [-0.25, -0.2) is 9.78 Å². The van der Waals surface area contributed by atoms with Gasteiger partial charge in [0, 0.05) is 30.2 Å². The number of hydrogen-bond donors (Lipinski definition) is 1. The van der Waals surface area contributed by atoms with Gasteiger partial charge < -0.3 is 4.98 Å². The molecule has 5 aromatic rings. The van der Waals surface area contributed by atoms with Crippen LogP contribution in [0.3, 0.4) is 0 Å².